The van der Waals surface area contributed by atoms with E-state index in [9.17, 15) is 0 Å². The molecule has 1 atom stereocenters. The second kappa shape index (κ2) is 6.37. The molecule has 5 heteroatoms. The summed E-state index contributed by atoms with van der Waals surface area (Å²) >= 11 is 3.40. The first-order chi connectivity index (χ1) is 6.68. The minimum absolute atomic E-state index is 0.573. The quantitative estimate of drug-likeness (QED) is 0.762. The second-order valence-electron chi connectivity index (χ2n) is 3.68. The molecule has 0 aliphatic heterocycles. The van der Waals surface area contributed by atoms with Gasteiger partial charge in [-0.2, -0.15) is 0 Å². The SMILES string of the molecule is CC(CNC(C)C)CSc1nncs1. The van der Waals surface area contributed by atoms with Gasteiger partial charge in [0, 0.05) is 11.8 Å². The molecule has 0 aliphatic carbocycles. The van der Waals surface area contributed by atoms with Gasteiger partial charge in [0.25, 0.3) is 0 Å². The van der Waals surface area contributed by atoms with Gasteiger partial charge >= 0.3 is 0 Å². The van der Waals surface area contributed by atoms with Gasteiger partial charge in [0.05, 0.1) is 0 Å². The highest BCUT2D eigenvalue weighted by molar-refractivity contribution is 8.01. The summed E-state index contributed by atoms with van der Waals surface area (Å²) in [5.41, 5.74) is 1.78. The zero-order valence-electron chi connectivity index (χ0n) is 8.86. The highest BCUT2D eigenvalue weighted by Crippen LogP contribution is 2.21. The Bertz CT molecular complexity index is 236. The first kappa shape index (κ1) is 11.9. The summed E-state index contributed by atoms with van der Waals surface area (Å²) in [5.74, 6) is 1.78. The molecule has 1 N–H and O–H groups in total. The third kappa shape index (κ3) is 4.93. The molecule has 0 aromatic carbocycles. The van der Waals surface area contributed by atoms with Crippen molar-refractivity contribution in [2.45, 2.75) is 31.2 Å². The monoisotopic (exact) mass is 231 g/mol. The molecule has 0 saturated carbocycles. The van der Waals surface area contributed by atoms with Crippen LogP contribution in [0.2, 0.25) is 0 Å². The Kier molecular flexibility index (Phi) is 5.44. The number of aromatic nitrogens is 2. The molecule has 3 nitrogen and oxygen atoms in total. The predicted octanol–water partition coefficient (Wildman–Crippen LogP) is 2.26. The number of hydrogen-bond donors (Lipinski definition) is 1. The van der Waals surface area contributed by atoms with Crippen molar-refractivity contribution in [3.8, 4) is 0 Å². The Morgan fingerprint density at radius 3 is 2.86 bits per heavy atom. The molecule has 1 heterocycles. The summed E-state index contributed by atoms with van der Waals surface area (Å²) in [6, 6.07) is 0.573. The Morgan fingerprint density at radius 1 is 1.50 bits per heavy atom. The Balaban J connectivity index is 2.12. The van der Waals surface area contributed by atoms with Crippen LogP contribution in [0.25, 0.3) is 0 Å². The van der Waals surface area contributed by atoms with E-state index >= 15 is 0 Å². The lowest BCUT2D eigenvalue weighted by atomic mass is 10.2. The van der Waals surface area contributed by atoms with Gasteiger partial charge < -0.3 is 5.32 Å². The van der Waals surface area contributed by atoms with Crippen molar-refractivity contribution >= 4 is 23.1 Å². The van der Waals surface area contributed by atoms with Crippen molar-refractivity contribution in [3.63, 3.8) is 0 Å². The smallest absolute Gasteiger partial charge is 0.174 e. The molecule has 0 spiro atoms. The summed E-state index contributed by atoms with van der Waals surface area (Å²) in [5, 5.41) is 11.2. The molecular formula is C9H17N3S2. The maximum Gasteiger partial charge on any atom is 0.174 e. The first-order valence-electron chi connectivity index (χ1n) is 4.81. The first-order valence-corrected chi connectivity index (χ1v) is 6.67. The lowest BCUT2D eigenvalue weighted by molar-refractivity contribution is 0.510. The van der Waals surface area contributed by atoms with E-state index in [1.807, 2.05) is 0 Å². The molecule has 0 amide bonds. The van der Waals surface area contributed by atoms with Gasteiger partial charge in [0.2, 0.25) is 0 Å². The van der Waals surface area contributed by atoms with E-state index < -0.39 is 0 Å². The molecule has 0 bridgehead atoms. The van der Waals surface area contributed by atoms with Crippen molar-refractivity contribution in [2.75, 3.05) is 12.3 Å². The lowest BCUT2D eigenvalue weighted by Crippen LogP contribution is -2.28. The number of rotatable bonds is 6. The summed E-state index contributed by atoms with van der Waals surface area (Å²) < 4.78 is 1.07. The van der Waals surface area contributed by atoms with Crippen molar-refractivity contribution in [1.29, 1.82) is 0 Å². The van der Waals surface area contributed by atoms with Gasteiger partial charge in [-0.05, 0) is 12.5 Å². The average molecular weight is 231 g/mol. The fourth-order valence-electron chi connectivity index (χ4n) is 0.935. The predicted molar refractivity (Wildman–Crippen MR) is 62.9 cm³/mol. The van der Waals surface area contributed by atoms with E-state index in [2.05, 4.69) is 36.3 Å². The maximum atomic E-state index is 3.99. The van der Waals surface area contributed by atoms with E-state index in [1.54, 1.807) is 28.6 Å². The summed E-state index contributed by atoms with van der Waals surface area (Å²) in [6.07, 6.45) is 0. The summed E-state index contributed by atoms with van der Waals surface area (Å²) in [4.78, 5) is 0. The second-order valence-corrected chi connectivity index (χ2v) is 5.78. The maximum absolute atomic E-state index is 3.99. The Morgan fingerprint density at radius 2 is 2.29 bits per heavy atom. The van der Waals surface area contributed by atoms with E-state index in [-0.39, 0.29) is 0 Å². The van der Waals surface area contributed by atoms with Crippen LogP contribution in [0.15, 0.2) is 9.85 Å². The number of nitrogens with one attached hydrogen (secondary N) is 1. The minimum atomic E-state index is 0.573. The fraction of sp³-hybridized carbons (Fsp3) is 0.778. The summed E-state index contributed by atoms with van der Waals surface area (Å²) in [6.45, 7) is 7.67. The molecule has 0 radical (unpaired) electrons. The van der Waals surface area contributed by atoms with Gasteiger partial charge in [-0.1, -0.05) is 43.9 Å². The molecule has 1 aromatic rings. The Labute approximate surface area is 93.7 Å². The molecule has 80 valence electrons. The lowest BCUT2D eigenvalue weighted by Gasteiger charge is -2.13. The van der Waals surface area contributed by atoms with Crippen molar-refractivity contribution in [3.05, 3.63) is 5.51 Å². The Hall–Kier alpha value is -0.130. The van der Waals surface area contributed by atoms with E-state index in [4.69, 9.17) is 0 Å². The van der Waals surface area contributed by atoms with Crippen molar-refractivity contribution in [1.82, 2.24) is 15.5 Å². The molecule has 1 aromatic heterocycles. The van der Waals surface area contributed by atoms with Crippen molar-refractivity contribution < 1.29 is 0 Å². The van der Waals surface area contributed by atoms with E-state index in [0.29, 0.717) is 12.0 Å². The number of hydrogen-bond acceptors (Lipinski definition) is 5. The van der Waals surface area contributed by atoms with Crippen LogP contribution in [0, 0.1) is 5.92 Å². The molecule has 0 aliphatic rings. The highest BCUT2D eigenvalue weighted by Gasteiger charge is 2.05. The molecular weight excluding hydrogens is 214 g/mol. The van der Waals surface area contributed by atoms with Crippen LogP contribution < -0.4 is 5.32 Å². The molecule has 1 unspecified atom stereocenters. The average Bonchev–Trinajstić information content (AvgIpc) is 2.63. The molecule has 0 saturated heterocycles. The molecule has 14 heavy (non-hydrogen) atoms. The zero-order chi connectivity index (χ0) is 10.4. The third-order valence-corrected chi connectivity index (χ3v) is 3.90. The largest absolute Gasteiger partial charge is 0.314 e. The normalized spacial score (nSPS) is 13.4. The minimum Gasteiger partial charge on any atom is -0.314 e. The fourth-order valence-corrected chi connectivity index (χ4v) is 2.47. The van der Waals surface area contributed by atoms with Crippen LogP contribution in [0.1, 0.15) is 20.8 Å². The number of thioether (sulfide) groups is 1. The van der Waals surface area contributed by atoms with Gasteiger partial charge in [0.15, 0.2) is 4.34 Å². The van der Waals surface area contributed by atoms with Crippen LogP contribution in [0.3, 0.4) is 0 Å². The summed E-state index contributed by atoms with van der Waals surface area (Å²) in [7, 11) is 0. The third-order valence-electron chi connectivity index (χ3n) is 1.71. The zero-order valence-corrected chi connectivity index (χ0v) is 10.5. The highest BCUT2D eigenvalue weighted by atomic mass is 32.2. The van der Waals surface area contributed by atoms with Crippen molar-refractivity contribution in [2.24, 2.45) is 5.92 Å². The van der Waals surface area contributed by atoms with E-state index in [0.717, 1.165) is 16.6 Å². The van der Waals surface area contributed by atoms with Gasteiger partial charge in [0.1, 0.15) is 5.51 Å². The van der Waals surface area contributed by atoms with Crippen LogP contribution in [0.4, 0.5) is 0 Å². The van der Waals surface area contributed by atoms with E-state index in [1.165, 1.54) is 0 Å². The van der Waals surface area contributed by atoms with Crippen LogP contribution in [0.5, 0.6) is 0 Å². The molecule has 1 rings (SSSR count). The topological polar surface area (TPSA) is 37.8 Å². The number of nitrogens with zero attached hydrogens (tertiary/aromatic N) is 2. The van der Waals surface area contributed by atoms with Gasteiger partial charge in [-0.15, -0.1) is 10.2 Å². The van der Waals surface area contributed by atoms with Gasteiger partial charge in [-0.25, -0.2) is 0 Å². The van der Waals surface area contributed by atoms with Crippen LogP contribution in [-0.4, -0.2) is 28.5 Å². The van der Waals surface area contributed by atoms with Crippen LogP contribution in [-0.2, 0) is 0 Å². The van der Waals surface area contributed by atoms with Gasteiger partial charge in [-0.3, -0.25) is 0 Å². The standard InChI is InChI=1S/C9H17N3S2/c1-7(2)10-4-8(3)5-13-9-12-11-6-14-9/h6-8,10H,4-5H2,1-3H3. The molecule has 0 fully saturated rings. The van der Waals surface area contributed by atoms with Crippen LogP contribution >= 0.6 is 23.1 Å².